The monoisotopic (exact) mass is 387 g/mol. The normalized spacial score (nSPS) is 15.9. The Morgan fingerprint density at radius 1 is 1.19 bits per heavy atom. The second-order valence-electron chi connectivity index (χ2n) is 6.89. The Balaban J connectivity index is 1.50. The molecule has 144 valence electrons. The average Bonchev–Trinajstić information content (AvgIpc) is 3.11. The molecule has 1 aliphatic carbocycles. The molecule has 0 aliphatic heterocycles. The molecular formula is C19H25N5O2S. The molecule has 3 rings (SSSR count). The second-order valence-corrected chi connectivity index (χ2v) is 8.20. The Kier molecular flexibility index (Phi) is 6.49. The highest BCUT2D eigenvalue weighted by molar-refractivity contribution is 8.00. The molecule has 1 aromatic carbocycles. The zero-order chi connectivity index (χ0) is 19.2. The average molecular weight is 388 g/mol. The smallest absolute Gasteiger partial charge is 0.321 e. The number of aromatic amines is 1. The highest BCUT2D eigenvalue weighted by Gasteiger charge is 2.21. The van der Waals surface area contributed by atoms with Crippen LogP contribution in [0.2, 0.25) is 0 Å². The van der Waals surface area contributed by atoms with Crippen LogP contribution in [0.15, 0.2) is 29.4 Å². The molecule has 27 heavy (non-hydrogen) atoms. The van der Waals surface area contributed by atoms with E-state index >= 15 is 0 Å². The van der Waals surface area contributed by atoms with Crippen molar-refractivity contribution < 1.29 is 9.59 Å². The highest BCUT2D eigenvalue weighted by Crippen LogP contribution is 2.23. The molecular weight excluding hydrogens is 362 g/mol. The van der Waals surface area contributed by atoms with Gasteiger partial charge in [0.05, 0.1) is 5.25 Å². The number of urea groups is 1. The molecule has 0 saturated heterocycles. The Bertz CT molecular complexity index is 784. The Morgan fingerprint density at radius 2 is 1.89 bits per heavy atom. The number of imide groups is 1. The van der Waals surface area contributed by atoms with E-state index in [1.165, 1.54) is 23.7 Å². The molecule has 2 aromatic rings. The van der Waals surface area contributed by atoms with E-state index < -0.39 is 11.3 Å². The van der Waals surface area contributed by atoms with Crippen molar-refractivity contribution in [1.82, 2.24) is 25.8 Å². The van der Waals surface area contributed by atoms with Gasteiger partial charge in [0.25, 0.3) is 0 Å². The zero-order valence-corrected chi connectivity index (χ0v) is 16.4. The Labute approximate surface area is 163 Å². The first-order valence-electron chi connectivity index (χ1n) is 9.29. The van der Waals surface area contributed by atoms with Crippen LogP contribution in [-0.2, 0) is 4.79 Å². The Morgan fingerprint density at radius 3 is 2.59 bits per heavy atom. The number of aromatic nitrogens is 3. The van der Waals surface area contributed by atoms with E-state index in [0.29, 0.717) is 11.0 Å². The minimum absolute atomic E-state index is 0.166. The number of benzene rings is 1. The molecule has 1 aromatic heterocycles. The molecule has 0 bridgehead atoms. The fourth-order valence-corrected chi connectivity index (χ4v) is 3.76. The summed E-state index contributed by atoms with van der Waals surface area (Å²) >= 11 is 1.21. The molecule has 1 fully saturated rings. The fourth-order valence-electron chi connectivity index (χ4n) is 3.03. The first-order chi connectivity index (χ1) is 13.0. The number of carbonyl (C=O) groups is 2. The molecule has 1 heterocycles. The van der Waals surface area contributed by atoms with Gasteiger partial charge < -0.3 is 5.32 Å². The van der Waals surface area contributed by atoms with Crippen molar-refractivity contribution >= 4 is 23.7 Å². The topological polar surface area (TPSA) is 99.8 Å². The maximum absolute atomic E-state index is 12.3. The summed E-state index contributed by atoms with van der Waals surface area (Å²) in [6.45, 7) is 3.76. The van der Waals surface area contributed by atoms with Gasteiger partial charge in [-0.05, 0) is 26.7 Å². The molecule has 1 aliphatic rings. The lowest BCUT2D eigenvalue weighted by atomic mass is 9.96. The molecule has 1 saturated carbocycles. The number of nitrogens with zero attached hydrogens (tertiary/aromatic N) is 2. The predicted molar refractivity (Wildman–Crippen MR) is 105 cm³/mol. The van der Waals surface area contributed by atoms with E-state index in [-0.39, 0.29) is 11.9 Å². The molecule has 7 nitrogen and oxygen atoms in total. The van der Waals surface area contributed by atoms with E-state index in [4.69, 9.17) is 0 Å². The number of hydrogen-bond acceptors (Lipinski definition) is 5. The van der Waals surface area contributed by atoms with Crippen molar-refractivity contribution in [3.05, 3.63) is 29.8 Å². The number of H-pyrrole nitrogens is 1. The number of amides is 3. The van der Waals surface area contributed by atoms with Gasteiger partial charge in [-0.15, -0.1) is 5.10 Å². The van der Waals surface area contributed by atoms with Crippen LogP contribution in [0.3, 0.4) is 0 Å². The van der Waals surface area contributed by atoms with Gasteiger partial charge in [0.1, 0.15) is 0 Å². The first kappa shape index (κ1) is 19.4. The second kappa shape index (κ2) is 9.03. The van der Waals surface area contributed by atoms with Gasteiger partial charge in [0.2, 0.25) is 11.1 Å². The lowest BCUT2D eigenvalue weighted by Gasteiger charge is -2.22. The van der Waals surface area contributed by atoms with E-state index in [9.17, 15) is 9.59 Å². The summed E-state index contributed by atoms with van der Waals surface area (Å²) in [4.78, 5) is 28.7. The summed E-state index contributed by atoms with van der Waals surface area (Å²) in [5.74, 6) is 0.301. The lowest BCUT2D eigenvalue weighted by molar-refractivity contribution is -0.119. The van der Waals surface area contributed by atoms with Crippen LogP contribution in [0.1, 0.15) is 44.6 Å². The number of rotatable bonds is 5. The van der Waals surface area contributed by atoms with E-state index in [0.717, 1.165) is 31.2 Å². The number of carbonyl (C=O) groups excluding carboxylic acids is 2. The summed E-state index contributed by atoms with van der Waals surface area (Å²) in [5.41, 5.74) is 2.11. The quantitative estimate of drug-likeness (QED) is 0.683. The van der Waals surface area contributed by atoms with Gasteiger partial charge in [0.15, 0.2) is 5.82 Å². The first-order valence-corrected chi connectivity index (χ1v) is 10.2. The molecule has 1 atom stereocenters. The minimum Gasteiger partial charge on any atom is -0.335 e. The van der Waals surface area contributed by atoms with Crippen LogP contribution in [0.4, 0.5) is 4.79 Å². The van der Waals surface area contributed by atoms with Gasteiger partial charge in [0, 0.05) is 11.6 Å². The van der Waals surface area contributed by atoms with Gasteiger partial charge in [-0.25, -0.2) is 9.78 Å². The maximum Gasteiger partial charge on any atom is 0.321 e. The van der Waals surface area contributed by atoms with Crippen molar-refractivity contribution in [2.75, 3.05) is 0 Å². The zero-order valence-electron chi connectivity index (χ0n) is 15.6. The van der Waals surface area contributed by atoms with E-state index in [2.05, 4.69) is 25.8 Å². The summed E-state index contributed by atoms with van der Waals surface area (Å²) < 4.78 is 0. The number of thioether (sulfide) groups is 1. The van der Waals surface area contributed by atoms with E-state index in [1.54, 1.807) is 6.92 Å². The third kappa shape index (κ3) is 5.56. The van der Waals surface area contributed by atoms with Gasteiger partial charge in [-0.2, -0.15) is 0 Å². The number of hydrogen-bond donors (Lipinski definition) is 3. The van der Waals surface area contributed by atoms with Crippen LogP contribution < -0.4 is 10.6 Å². The van der Waals surface area contributed by atoms with Gasteiger partial charge in [-0.3, -0.25) is 15.2 Å². The van der Waals surface area contributed by atoms with Crippen LogP contribution in [-0.4, -0.2) is 38.4 Å². The van der Waals surface area contributed by atoms with Crippen molar-refractivity contribution in [3.8, 4) is 11.4 Å². The lowest BCUT2D eigenvalue weighted by Crippen LogP contribution is -2.47. The van der Waals surface area contributed by atoms with Crippen molar-refractivity contribution in [3.63, 3.8) is 0 Å². The molecule has 0 spiro atoms. The largest absolute Gasteiger partial charge is 0.335 e. The molecule has 3 N–H and O–H groups in total. The summed E-state index contributed by atoms with van der Waals surface area (Å²) in [6.07, 6.45) is 5.42. The van der Waals surface area contributed by atoms with Crippen molar-refractivity contribution in [2.45, 2.75) is 62.4 Å². The molecule has 0 unspecified atom stereocenters. The molecule has 3 amide bonds. The maximum atomic E-state index is 12.3. The van der Waals surface area contributed by atoms with Gasteiger partial charge >= 0.3 is 6.03 Å². The van der Waals surface area contributed by atoms with Crippen molar-refractivity contribution in [2.24, 2.45) is 0 Å². The number of nitrogens with one attached hydrogen (secondary N) is 3. The fraction of sp³-hybridized carbons (Fsp3) is 0.474. The molecule has 8 heteroatoms. The van der Waals surface area contributed by atoms with Crippen LogP contribution in [0.25, 0.3) is 11.4 Å². The minimum atomic E-state index is -0.483. The Hall–Kier alpha value is -2.35. The van der Waals surface area contributed by atoms with Crippen LogP contribution >= 0.6 is 11.8 Å². The van der Waals surface area contributed by atoms with Crippen LogP contribution in [0, 0.1) is 6.92 Å². The van der Waals surface area contributed by atoms with Crippen LogP contribution in [0.5, 0.6) is 0 Å². The molecule has 0 radical (unpaired) electrons. The SMILES string of the molecule is Cc1ccc(-c2nc(S[C@@H](C)C(=O)NC(=O)NC3CCCCC3)n[nH]2)cc1. The highest BCUT2D eigenvalue weighted by atomic mass is 32.2. The summed E-state index contributed by atoms with van der Waals surface area (Å²) in [7, 11) is 0. The third-order valence-corrected chi connectivity index (χ3v) is 5.58. The number of aryl methyl sites for hydroxylation is 1. The van der Waals surface area contributed by atoms with Gasteiger partial charge in [-0.1, -0.05) is 60.9 Å². The summed E-state index contributed by atoms with van der Waals surface area (Å²) in [6, 6.07) is 7.69. The van der Waals surface area contributed by atoms with E-state index in [1.807, 2.05) is 31.2 Å². The summed E-state index contributed by atoms with van der Waals surface area (Å²) in [5, 5.41) is 12.3. The van der Waals surface area contributed by atoms with Crippen molar-refractivity contribution in [1.29, 1.82) is 0 Å². The third-order valence-electron chi connectivity index (χ3n) is 4.62. The predicted octanol–water partition coefficient (Wildman–Crippen LogP) is 3.42. The standard InChI is InChI=1S/C19H25N5O2S/c1-12-8-10-14(11-9-12)16-21-19(24-23-16)27-13(2)17(25)22-18(26)20-15-6-4-3-5-7-15/h8-11,13,15H,3-7H2,1-2H3,(H,21,23,24)(H2,20,22,25,26)/t13-/m0/s1.